The summed E-state index contributed by atoms with van der Waals surface area (Å²) in [5.41, 5.74) is 2.14. The van der Waals surface area contributed by atoms with Crippen LogP contribution in [0.1, 0.15) is 22.0 Å². The van der Waals surface area contributed by atoms with Crippen molar-refractivity contribution in [3.05, 3.63) is 88.3 Å². The van der Waals surface area contributed by atoms with Crippen LogP contribution < -0.4 is 21.1 Å². The van der Waals surface area contributed by atoms with Crippen LogP contribution in [0, 0.1) is 0 Å². The molecule has 1 heterocycles. The van der Waals surface area contributed by atoms with Crippen LogP contribution in [0.25, 0.3) is 0 Å². The number of H-pyrrole nitrogens is 1. The lowest BCUT2D eigenvalue weighted by Gasteiger charge is -2.16. The number of aromatic amines is 1. The van der Waals surface area contributed by atoms with Gasteiger partial charge >= 0.3 is 0 Å². The average molecular weight is 392 g/mol. The number of benzene rings is 2. The molecule has 0 aliphatic rings. The van der Waals surface area contributed by atoms with Crippen molar-refractivity contribution >= 4 is 23.0 Å². The molecule has 0 fully saturated rings. The van der Waals surface area contributed by atoms with Gasteiger partial charge in [-0.15, -0.1) is 0 Å². The zero-order chi connectivity index (χ0) is 20.8. The van der Waals surface area contributed by atoms with Crippen molar-refractivity contribution in [1.29, 1.82) is 0 Å². The summed E-state index contributed by atoms with van der Waals surface area (Å²) < 4.78 is 0. The van der Waals surface area contributed by atoms with E-state index < -0.39 is 17.6 Å². The van der Waals surface area contributed by atoms with Gasteiger partial charge in [0.2, 0.25) is 0 Å². The molecule has 2 aromatic carbocycles. The van der Waals surface area contributed by atoms with Gasteiger partial charge in [-0.1, -0.05) is 30.3 Å². The third kappa shape index (κ3) is 5.03. The Hall–Kier alpha value is -3.58. The molecule has 0 spiro atoms. The second kappa shape index (κ2) is 9.07. The summed E-state index contributed by atoms with van der Waals surface area (Å²) in [6.07, 6.45) is 0.687. The number of nitrogens with zero attached hydrogens (tertiary/aromatic N) is 1. The molecule has 0 unspecified atom stereocenters. The molecule has 0 aliphatic carbocycles. The fourth-order valence-corrected chi connectivity index (χ4v) is 2.89. The first-order valence-electron chi connectivity index (χ1n) is 9.23. The van der Waals surface area contributed by atoms with Gasteiger partial charge in [-0.25, -0.2) is 0 Å². The normalized spacial score (nSPS) is 11.6. The molecule has 150 valence electrons. The van der Waals surface area contributed by atoms with Gasteiger partial charge in [-0.2, -0.15) is 0 Å². The van der Waals surface area contributed by atoms with Crippen molar-refractivity contribution in [3.63, 3.8) is 0 Å². The van der Waals surface area contributed by atoms with Gasteiger partial charge in [0.15, 0.2) is 0 Å². The van der Waals surface area contributed by atoms with Crippen molar-refractivity contribution in [2.45, 2.75) is 6.10 Å². The van der Waals surface area contributed by atoms with Crippen molar-refractivity contribution in [2.75, 3.05) is 36.2 Å². The number of aliphatic hydroxyl groups is 1. The Morgan fingerprint density at radius 3 is 2.41 bits per heavy atom. The molecule has 1 amide bonds. The Morgan fingerprint density at radius 2 is 1.76 bits per heavy atom. The Morgan fingerprint density at radius 1 is 1.07 bits per heavy atom. The number of hydrogen-bond donors (Lipinski definition) is 4. The highest BCUT2D eigenvalue weighted by atomic mass is 16.3. The number of anilines is 3. The smallest absolute Gasteiger partial charge is 0.263 e. The van der Waals surface area contributed by atoms with Crippen molar-refractivity contribution in [3.8, 4) is 0 Å². The molecule has 1 aromatic heterocycles. The van der Waals surface area contributed by atoms with E-state index in [2.05, 4.69) is 15.6 Å². The standard InChI is InChI=1S/C22H24N4O3/c1-26(2)17-10-8-16(9-11-17)25-22(29)20-18(12-13-23-21(20)28)24-14-19(27)15-6-4-3-5-7-15/h3-13,19,27H,14H2,1-2H3,(H,25,29)(H2,23,24,28)/t19-/m1/s1. The minimum Gasteiger partial charge on any atom is -0.387 e. The van der Waals surface area contributed by atoms with Crippen LogP contribution in [0.3, 0.4) is 0 Å². The summed E-state index contributed by atoms with van der Waals surface area (Å²) in [5, 5.41) is 16.1. The van der Waals surface area contributed by atoms with E-state index in [-0.39, 0.29) is 12.1 Å². The molecule has 0 saturated heterocycles. The highest BCUT2D eigenvalue weighted by Gasteiger charge is 2.17. The summed E-state index contributed by atoms with van der Waals surface area (Å²) in [5.74, 6) is -0.527. The topological polar surface area (TPSA) is 97.5 Å². The maximum Gasteiger partial charge on any atom is 0.263 e. The minimum absolute atomic E-state index is 0.0375. The maximum absolute atomic E-state index is 12.7. The lowest BCUT2D eigenvalue weighted by Crippen LogP contribution is -2.26. The lowest BCUT2D eigenvalue weighted by atomic mass is 10.1. The van der Waals surface area contributed by atoms with Crippen LogP contribution in [0.15, 0.2) is 71.7 Å². The van der Waals surface area contributed by atoms with E-state index in [0.29, 0.717) is 11.4 Å². The van der Waals surface area contributed by atoms with Gasteiger partial charge in [-0.05, 0) is 35.9 Å². The summed E-state index contributed by atoms with van der Waals surface area (Å²) >= 11 is 0. The molecule has 0 bridgehead atoms. The largest absolute Gasteiger partial charge is 0.387 e. The van der Waals surface area contributed by atoms with E-state index >= 15 is 0 Å². The third-order valence-corrected chi connectivity index (χ3v) is 4.50. The molecular weight excluding hydrogens is 368 g/mol. The van der Waals surface area contributed by atoms with E-state index in [1.54, 1.807) is 18.2 Å². The quantitative estimate of drug-likeness (QED) is 0.496. The van der Waals surface area contributed by atoms with Gasteiger partial charge in [0.05, 0.1) is 11.8 Å². The number of carbonyl (C=O) groups is 1. The van der Waals surface area contributed by atoms with Crippen LogP contribution >= 0.6 is 0 Å². The first kappa shape index (κ1) is 20.2. The molecular formula is C22H24N4O3. The number of rotatable bonds is 7. The number of amides is 1. The Labute approximate surface area is 169 Å². The second-order valence-corrected chi connectivity index (χ2v) is 6.80. The zero-order valence-electron chi connectivity index (χ0n) is 16.3. The van der Waals surface area contributed by atoms with Crippen molar-refractivity contribution in [2.24, 2.45) is 0 Å². The molecule has 3 aromatic rings. The van der Waals surface area contributed by atoms with Gasteiger partial charge in [0.25, 0.3) is 11.5 Å². The zero-order valence-corrected chi connectivity index (χ0v) is 16.3. The van der Waals surface area contributed by atoms with Crippen molar-refractivity contribution in [1.82, 2.24) is 4.98 Å². The van der Waals surface area contributed by atoms with E-state index in [0.717, 1.165) is 11.3 Å². The predicted octanol–water partition coefficient (Wildman–Crippen LogP) is 2.84. The van der Waals surface area contributed by atoms with Crippen LogP contribution in [0.5, 0.6) is 0 Å². The molecule has 0 radical (unpaired) electrons. The number of aromatic nitrogens is 1. The summed E-state index contributed by atoms with van der Waals surface area (Å²) in [7, 11) is 3.86. The average Bonchev–Trinajstić information content (AvgIpc) is 2.73. The molecule has 7 nitrogen and oxygen atoms in total. The fraction of sp³-hybridized carbons (Fsp3) is 0.182. The van der Waals surface area contributed by atoms with Crippen LogP contribution in [0.2, 0.25) is 0 Å². The first-order valence-corrected chi connectivity index (χ1v) is 9.23. The second-order valence-electron chi connectivity index (χ2n) is 6.80. The number of nitrogens with one attached hydrogen (secondary N) is 3. The number of hydrogen-bond acceptors (Lipinski definition) is 5. The maximum atomic E-state index is 12.7. The number of pyridine rings is 1. The first-order chi connectivity index (χ1) is 14.0. The van der Waals surface area contributed by atoms with Gasteiger partial charge < -0.3 is 25.6 Å². The monoisotopic (exact) mass is 392 g/mol. The lowest BCUT2D eigenvalue weighted by molar-refractivity contribution is 0.102. The molecule has 0 saturated carbocycles. The third-order valence-electron chi connectivity index (χ3n) is 4.50. The molecule has 1 atom stereocenters. The van der Waals surface area contributed by atoms with Gasteiger partial charge in [0, 0.05) is 38.2 Å². The highest BCUT2D eigenvalue weighted by molar-refractivity contribution is 6.07. The summed E-state index contributed by atoms with van der Waals surface area (Å²) in [6, 6.07) is 18.1. The predicted molar refractivity (Wildman–Crippen MR) is 116 cm³/mol. The Kier molecular flexibility index (Phi) is 6.31. The van der Waals surface area contributed by atoms with E-state index in [9.17, 15) is 14.7 Å². The van der Waals surface area contributed by atoms with Gasteiger partial charge in [0.1, 0.15) is 5.56 Å². The number of aliphatic hydroxyl groups excluding tert-OH is 1. The molecule has 7 heteroatoms. The van der Waals surface area contributed by atoms with E-state index in [1.807, 2.05) is 61.5 Å². The number of carbonyl (C=O) groups excluding carboxylic acids is 1. The Bertz CT molecular complexity index is 1010. The highest BCUT2D eigenvalue weighted by Crippen LogP contribution is 2.19. The van der Waals surface area contributed by atoms with Gasteiger partial charge in [-0.3, -0.25) is 9.59 Å². The molecule has 0 aliphatic heterocycles. The minimum atomic E-state index is -0.773. The van der Waals surface area contributed by atoms with Crippen LogP contribution in [-0.4, -0.2) is 36.6 Å². The van der Waals surface area contributed by atoms with Crippen LogP contribution in [-0.2, 0) is 0 Å². The molecule has 3 rings (SSSR count). The van der Waals surface area contributed by atoms with E-state index in [1.165, 1.54) is 6.20 Å². The SMILES string of the molecule is CN(C)c1ccc(NC(=O)c2c(NC[C@@H](O)c3ccccc3)cc[nH]c2=O)cc1. The van der Waals surface area contributed by atoms with Crippen molar-refractivity contribution < 1.29 is 9.90 Å². The summed E-state index contributed by atoms with van der Waals surface area (Å²) in [6.45, 7) is 0.158. The molecule has 4 N–H and O–H groups in total. The van der Waals surface area contributed by atoms with E-state index in [4.69, 9.17) is 0 Å². The van der Waals surface area contributed by atoms with Crippen LogP contribution in [0.4, 0.5) is 17.1 Å². The summed E-state index contributed by atoms with van der Waals surface area (Å²) in [4.78, 5) is 29.5. The Balaban J connectivity index is 1.75. The fourth-order valence-electron chi connectivity index (χ4n) is 2.89. The molecule has 29 heavy (non-hydrogen) atoms.